The summed E-state index contributed by atoms with van der Waals surface area (Å²) in [7, 11) is 0. The maximum Gasteiger partial charge on any atom is 0.407 e. The summed E-state index contributed by atoms with van der Waals surface area (Å²) in [4.78, 5) is 17.6. The van der Waals surface area contributed by atoms with Crippen molar-refractivity contribution in [2.24, 2.45) is 0 Å². The first-order valence-corrected chi connectivity index (χ1v) is 8.11. The number of aromatic nitrogens is 2. The molecule has 24 heavy (non-hydrogen) atoms. The van der Waals surface area contributed by atoms with Gasteiger partial charge < -0.3 is 14.6 Å². The quantitative estimate of drug-likeness (QED) is 0.911. The summed E-state index contributed by atoms with van der Waals surface area (Å²) in [5, 5.41) is 9.57. The molecule has 1 amide bonds. The molecule has 2 heterocycles. The van der Waals surface area contributed by atoms with Crippen LogP contribution in [0.5, 0.6) is 0 Å². The molecular formula is C18H22FN3O2. The van der Waals surface area contributed by atoms with Crippen molar-refractivity contribution >= 4 is 6.09 Å². The molecule has 1 N–H and O–H groups in total. The predicted octanol–water partition coefficient (Wildman–Crippen LogP) is 3.78. The lowest BCUT2D eigenvalue weighted by atomic mass is 9.97. The molecule has 6 heteroatoms. The van der Waals surface area contributed by atoms with E-state index in [0.29, 0.717) is 30.9 Å². The second-order valence-corrected chi connectivity index (χ2v) is 7.16. The van der Waals surface area contributed by atoms with E-state index in [1.54, 1.807) is 4.57 Å². The maximum atomic E-state index is 14.7. The molecule has 2 aromatic rings. The smallest absolute Gasteiger partial charge is 0.407 e. The molecule has 0 radical (unpaired) electrons. The Bertz CT molecular complexity index is 750. The van der Waals surface area contributed by atoms with Gasteiger partial charge in [0.15, 0.2) is 0 Å². The van der Waals surface area contributed by atoms with Crippen molar-refractivity contribution in [2.45, 2.75) is 51.7 Å². The van der Waals surface area contributed by atoms with Crippen LogP contribution in [0, 0.1) is 5.95 Å². The van der Waals surface area contributed by atoms with Crippen LogP contribution < -0.4 is 0 Å². The molecule has 1 atom stereocenters. The fourth-order valence-electron chi connectivity index (χ4n) is 3.44. The van der Waals surface area contributed by atoms with E-state index in [9.17, 15) is 14.3 Å². The van der Waals surface area contributed by atoms with Gasteiger partial charge in [-0.1, -0.05) is 30.3 Å². The number of hydrogen-bond acceptors (Lipinski definition) is 2. The van der Waals surface area contributed by atoms with Crippen molar-refractivity contribution in [2.75, 3.05) is 0 Å². The standard InChI is InChI=1S/C18H22FN3O2/c1-18(2,3)22(17(23)24)13-9-10-21-14(11-13)20-15(16(21)19)12-7-5-4-6-8-12/h4-8,13H,9-11H2,1-3H3,(H,23,24). The highest BCUT2D eigenvalue weighted by atomic mass is 19.1. The zero-order chi connectivity index (χ0) is 17.5. The molecule has 0 aliphatic carbocycles. The van der Waals surface area contributed by atoms with Crippen molar-refractivity contribution in [3.8, 4) is 11.3 Å². The minimum atomic E-state index is -0.948. The number of hydrogen-bond donors (Lipinski definition) is 1. The molecule has 1 aliphatic heterocycles. The third-order valence-electron chi connectivity index (χ3n) is 4.43. The normalized spacial score (nSPS) is 17.4. The molecule has 3 rings (SSSR count). The van der Waals surface area contributed by atoms with Crippen LogP contribution in [-0.2, 0) is 13.0 Å². The SMILES string of the molecule is CC(C)(C)N(C(=O)O)C1CCn2c(nc(-c3ccccc3)c2F)C1. The fraction of sp³-hybridized carbons (Fsp3) is 0.444. The average molecular weight is 331 g/mol. The number of benzene rings is 1. The Kier molecular flexibility index (Phi) is 4.07. The number of imidazole rings is 1. The zero-order valence-electron chi connectivity index (χ0n) is 14.2. The Morgan fingerprint density at radius 3 is 2.58 bits per heavy atom. The van der Waals surface area contributed by atoms with Gasteiger partial charge in [0.25, 0.3) is 0 Å². The summed E-state index contributed by atoms with van der Waals surface area (Å²) in [5.41, 5.74) is 0.565. The van der Waals surface area contributed by atoms with Crippen molar-refractivity contribution in [3.63, 3.8) is 0 Å². The van der Waals surface area contributed by atoms with Crippen molar-refractivity contribution in [1.82, 2.24) is 14.5 Å². The lowest BCUT2D eigenvalue weighted by Gasteiger charge is -2.41. The Hall–Kier alpha value is -2.37. The van der Waals surface area contributed by atoms with E-state index >= 15 is 0 Å². The van der Waals surface area contributed by atoms with Gasteiger partial charge in [0.2, 0.25) is 5.95 Å². The molecule has 0 saturated heterocycles. The number of fused-ring (bicyclic) bond motifs is 1. The van der Waals surface area contributed by atoms with E-state index in [1.807, 2.05) is 51.1 Å². The van der Waals surface area contributed by atoms with Crippen LogP contribution in [0.15, 0.2) is 30.3 Å². The van der Waals surface area contributed by atoms with E-state index < -0.39 is 11.6 Å². The number of halogens is 1. The Balaban J connectivity index is 1.93. The van der Waals surface area contributed by atoms with Gasteiger partial charge >= 0.3 is 6.09 Å². The van der Waals surface area contributed by atoms with Crippen LogP contribution in [0.2, 0.25) is 0 Å². The van der Waals surface area contributed by atoms with Crippen LogP contribution in [0.1, 0.15) is 33.0 Å². The molecule has 1 aliphatic rings. The second kappa shape index (κ2) is 5.92. The third-order valence-corrected chi connectivity index (χ3v) is 4.43. The van der Waals surface area contributed by atoms with Gasteiger partial charge in [-0.05, 0) is 27.2 Å². The fourth-order valence-corrected chi connectivity index (χ4v) is 3.44. The van der Waals surface area contributed by atoms with E-state index in [0.717, 1.165) is 5.56 Å². The van der Waals surface area contributed by atoms with Crippen molar-refractivity contribution in [3.05, 3.63) is 42.1 Å². The number of amides is 1. The molecule has 1 aromatic heterocycles. The van der Waals surface area contributed by atoms with Crippen LogP contribution >= 0.6 is 0 Å². The molecule has 1 aromatic carbocycles. The average Bonchev–Trinajstić information content (AvgIpc) is 2.83. The Morgan fingerprint density at radius 1 is 1.33 bits per heavy atom. The number of nitrogens with zero attached hydrogens (tertiary/aromatic N) is 3. The van der Waals surface area contributed by atoms with E-state index in [-0.39, 0.29) is 12.0 Å². The molecule has 0 fully saturated rings. The second-order valence-electron chi connectivity index (χ2n) is 7.16. The van der Waals surface area contributed by atoms with Crippen LogP contribution in [-0.4, -0.2) is 37.2 Å². The predicted molar refractivity (Wildman–Crippen MR) is 89.3 cm³/mol. The van der Waals surface area contributed by atoms with E-state index in [1.165, 1.54) is 4.90 Å². The highest BCUT2D eigenvalue weighted by Gasteiger charge is 2.36. The van der Waals surface area contributed by atoms with Crippen LogP contribution in [0.25, 0.3) is 11.3 Å². The minimum Gasteiger partial charge on any atom is -0.465 e. The minimum absolute atomic E-state index is 0.194. The summed E-state index contributed by atoms with van der Waals surface area (Å²) < 4.78 is 16.3. The first-order valence-electron chi connectivity index (χ1n) is 8.11. The summed E-state index contributed by atoms with van der Waals surface area (Å²) in [6, 6.07) is 9.03. The Morgan fingerprint density at radius 2 is 2.00 bits per heavy atom. The topological polar surface area (TPSA) is 58.4 Å². The lowest BCUT2D eigenvalue weighted by Crippen LogP contribution is -2.53. The summed E-state index contributed by atoms with van der Waals surface area (Å²) in [6.45, 7) is 6.06. The first-order chi connectivity index (χ1) is 11.3. The Labute approximate surface area is 140 Å². The molecular weight excluding hydrogens is 309 g/mol. The molecule has 0 spiro atoms. The summed E-state index contributed by atoms with van der Waals surface area (Å²) in [5.74, 6) is 0.269. The van der Waals surface area contributed by atoms with Gasteiger partial charge in [-0.25, -0.2) is 9.78 Å². The van der Waals surface area contributed by atoms with Gasteiger partial charge in [-0.3, -0.25) is 0 Å². The summed E-state index contributed by atoms with van der Waals surface area (Å²) >= 11 is 0. The van der Waals surface area contributed by atoms with Crippen LogP contribution in [0.3, 0.4) is 0 Å². The van der Waals surface area contributed by atoms with Gasteiger partial charge in [0.05, 0.1) is 0 Å². The van der Waals surface area contributed by atoms with Crippen LogP contribution in [0.4, 0.5) is 9.18 Å². The van der Waals surface area contributed by atoms with E-state index in [2.05, 4.69) is 4.98 Å². The van der Waals surface area contributed by atoms with Gasteiger partial charge in [-0.2, -0.15) is 4.39 Å². The van der Waals surface area contributed by atoms with Crippen molar-refractivity contribution < 1.29 is 14.3 Å². The molecule has 5 nitrogen and oxygen atoms in total. The van der Waals surface area contributed by atoms with Crippen molar-refractivity contribution in [1.29, 1.82) is 0 Å². The number of rotatable bonds is 2. The van der Waals surface area contributed by atoms with Gasteiger partial charge in [0.1, 0.15) is 11.5 Å². The number of carbonyl (C=O) groups is 1. The number of carboxylic acid groups (broad SMARTS) is 1. The highest BCUT2D eigenvalue weighted by Crippen LogP contribution is 2.30. The van der Waals surface area contributed by atoms with E-state index in [4.69, 9.17) is 0 Å². The largest absolute Gasteiger partial charge is 0.465 e. The lowest BCUT2D eigenvalue weighted by molar-refractivity contribution is 0.0601. The summed E-state index contributed by atoms with van der Waals surface area (Å²) in [6.07, 6.45) is 0.0575. The molecule has 0 saturated carbocycles. The highest BCUT2D eigenvalue weighted by molar-refractivity contribution is 5.66. The maximum absolute atomic E-state index is 14.7. The van der Waals surface area contributed by atoms with Gasteiger partial charge in [-0.15, -0.1) is 0 Å². The van der Waals surface area contributed by atoms with Gasteiger partial charge in [0, 0.05) is 30.1 Å². The molecule has 128 valence electrons. The third kappa shape index (κ3) is 2.88. The molecule has 1 unspecified atom stereocenters. The first kappa shape index (κ1) is 16.5. The zero-order valence-corrected chi connectivity index (χ0v) is 14.2. The molecule has 0 bridgehead atoms. The monoisotopic (exact) mass is 331 g/mol.